The molecule has 0 spiro atoms. The van der Waals surface area contributed by atoms with Crippen molar-refractivity contribution in [3.63, 3.8) is 0 Å². The molecule has 0 saturated heterocycles. The molecule has 4 nitrogen and oxygen atoms in total. The first-order chi connectivity index (χ1) is 14.2. The van der Waals surface area contributed by atoms with Gasteiger partial charge in [0.15, 0.2) is 0 Å². The Labute approximate surface area is 184 Å². The molecular weight excluding hydrogens is 444 g/mol. The van der Waals surface area contributed by atoms with E-state index < -0.39 is 0 Å². The minimum Gasteiger partial charge on any atom is -0.355 e. The second kappa shape index (κ2) is 8.01. The average Bonchev–Trinajstić information content (AvgIpc) is 3.38. The van der Waals surface area contributed by atoms with Crippen molar-refractivity contribution in [2.45, 2.75) is 24.9 Å². The van der Waals surface area contributed by atoms with E-state index in [4.69, 9.17) is 0 Å². The number of allylic oxidation sites excluding steroid dienone is 1. The van der Waals surface area contributed by atoms with Gasteiger partial charge in [-0.15, -0.1) is 0 Å². The van der Waals surface area contributed by atoms with Gasteiger partial charge in [0, 0.05) is 54.5 Å². The smallest absolute Gasteiger partial charge is 0.134 e. The topological polar surface area (TPSA) is 24.3 Å². The van der Waals surface area contributed by atoms with E-state index in [0.717, 1.165) is 31.6 Å². The van der Waals surface area contributed by atoms with Gasteiger partial charge in [0.2, 0.25) is 0 Å². The van der Waals surface area contributed by atoms with Gasteiger partial charge in [0.25, 0.3) is 0 Å². The summed E-state index contributed by atoms with van der Waals surface area (Å²) in [7, 11) is 2.20. The van der Waals surface area contributed by atoms with Crippen molar-refractivity contribution >= 4 is 27.7 Å². The highest BCUT2D eigenvalue weighted by Crippen LogP contribution is 2.38. The maximum Gasteiger partial charge on any atom is 0.134 e. The molecule has 3 aromatic rings. The van der Waals surface area contributed by atoms with Gasteiger partial charge < -0.3 is 4.90 Å². The molecule has 2 aliphatic heterocycles. The molecular formula is C23H23BrN4S. The molecule has 0 radical (unpaired) electrons. The van der Waals surface area contributed by atoms with Crippen molar-refractivity contribution in [3.8, 4) is 5.69 Å². The lowest BCUT2D eigenvalue weighted by molar-refractivity contribution is 0.151. The van der Waals surface area contributed by atoms with Crippen molar-refractivity contribution in [1.29, 1.82) is 0 Å². The monoisotopic (exact) mass is 466 g/mol. The Balaban J connectivity index is 1.24. The lowest BCUT2D eigenvalue weighted by Crippen LogP contribution is -2.43. The number of halogens is 1. The quantitative estimate of drug-likeness (QED) is 0.537. The fraction of sp³-hybridized carbons (Fsp3) is 0.261. The highest BCUT2D eigenvalue weighted by atomic mass is 79.9. The molecule has 0 amide bonds. The molecule has 148 valence electrons. The van der Waals surface area contributed by atoms with E-state index in [0.29, 0.717) is 5.50 Å². The van der Waals surface area contributed by atoms with Crippen LogP contribution in [0.4, 0.5) is 0 Å². The van der Waals surface area contributed by atoms with Crippen molar-refractivity contribution in [2.75, 3.05) is 13.6 Å². The molecule has 0 aliphatic carbocycles. The molecule has 29 heavy (non-hydrogen) atoms. The van der Waals surface area contributed by atoms with Crippen LogP contribution in [0, 0.1) is 0 Å². The maximum absolute atomic E-state index is 4.30. The van der Waals surface area contributed by atoms with Gasteiger partial charge in [0.1, 0.15) is 5.50 Å². The Morgan fingerprint density at radius 3 is 2.79 bits per heavy atom. The van der Waals surface area contributed by atoms with E-state index in [1.165, 1.54) is 26.1 Å². The summed E-state index contributed by atoms with van der Waals surface area (Å²) < 4.78 is 3.06. The molecule has 0 saturated carbocycles. The van der Waals surface area contributed by atoms with E-state index in [-0.39, 0.29) is 0 Å². The fourth-order valence-electron chi connectivity index (χ4n) is 4.08. The van der Waals surface area contributed by atoms with Gasteiger partial charge in [-0.1, -0.05) is 45.9 Å². The lowest BCUT2D eigenvalue weighted by atomic mass is 10.0. The van der Waals surface area contributed by atoms with Crippen LogP contribution in [0.15, 0.2) is 76.5 Å². The zero-order valence-electron chi connectivity index (χ0n) is 16.3. The molecule has 5 rings (SSSR count). The molecule has 0 fully saturated rings. The van der Waals surface area contributed by atoms with Crippen LogP contribution in [0.25, 0.3) is 5.69 Å². The van der Waals surface area contributed by atoms with E-state index in [1.807, 2.05) is 34.9 Å². The summed E-state index contributed by atoms with van der Waals surface area (Å²) in [5.74, 6) is 0. The SMILES string of the molecule is CN1C=C(Cc2ccc(-n3cccn3)cc2)SC1N1CCc2ccc(Br)cc2C1. The molecule has 6 heteroatoms. The molecule has 1 aromatic heterocycles. The Morgan fingerprint density at radius 1 is 1.14 bits per heavy atom. The Hall–Kier alpha value is -2.02. The number of hydrogen-bond acceptors (Lipinski definition) is 4. The van der Waals surface area contributed by atoms with Gasteiger partial charge in [-0.05, 0) is 53.4 Å². The second-order valence-electron chi connectivity index (χ2n) is 7.63. The fourth-order valence-corrected chi connectivity index (χ4v) is 5.80. The summed E-state index contributed by atoms with van der Waals surface area (Å²) in [6.07, 6.45) is 8.19. The van der Waals surface area contributed by atoms with Crippen LogP contribution in [0.5, 0.6) is 0 Å². The minimum absolute atomic E-state index is 0.375. The predicted octanol–water partition coefficient (Wildman–Crippen LogP) is 5.04. The molecule has 0 bridgehead atoms. The summed E-state index contributed by atoms with van der Waals surface area (Å²) in [6, 6.07) is 17.3. The van der Waals surface area contributed by atoms with Crippen molar-refractivity contribution in [2.24, 2.45) is 0 Å². The average molecular weight is 467 g/mol. The van der Waals surface area contributed by atoms with E-state index >= 15 is 0 Å². The third-order valence-electron chi connectivity index (χ3n) is 5.56. The van der Waals surface area contributed by atoms with Gasteiger partial charge in [-0.3, -0.25) is 4.90 Å². The van der Waals surface area contributed by atoms with Crippen LogP contribution in [0.3, 0.4) is 0 Å². The highest BCUT2D eigenvalue weighted by Gasteiger charge is 2.30. The van der Waals surface area contributed by atoms with Gasteiger partial charge in [-0.25, -0.2) is 4.68 Å². The third kappa shape index (κ3) is 4.02. The number of thioether (sulfide) groups is 1. The Morgan fingerprint density at radius 2 is 2.00 bits per heavy atom. The van der Waals surface area contributed by atoms with E-state index in [1.54, 1.807) is 0 Å². The van der Waals surface area contributed by atoms with Gasteiger partial charge in [-0.2, -0.15) is 5.10 Å². The molecule has 1 unspecified atom stereocenters. The first-order valence-corrected chi connectivity index (χ1v) is 11.5. The number of benzene rings is 2. The Bertz CT molecular complexity index is 1030. The van der Waals surface area contributed by atoms with E-state index in [2.05, 4.69) is 86.5 Å². The zero-order valence-corrected chi connectivity index (χ0v) is 18.7. The van der Waals surface area contributed by atoms with Crippen LogP contribution in [0.1, 0.15) is 16.7 Å². The highest BCUT2D eigenvalue weighted by molar-refractivity contribution is 9.10. The first-order valence-electron chi connectivity index (χ1n) is 9.85. The number of aromatic nitrogens is 2. The van der Waals surface area contributed by atoms with Crippen LogP contribution >= 0.6 is 27.7 Å². The van der Waals surface area contributed by atoms with Crippen LogP contribution in [-0.4, -0.2) is 38.7 Å². The number of fused-ring (bicyclic) bond motifs is 1. The molecule has 2 aliphatic rings. The predicted molar refractivity (Wildman–Crippen MR) is 123 cm³/mol. The maximum atomic E-state index is 4.30. The number of rotatable bonds is 4. The summed E-state index contributed by atoms with van der Waals surface area (Å²) in [5.41, 5.74) is 5.74. The first kappa shape index (κ1) is 19.0. The molecule has 0 N–H and O–H groups in total. The molecule has 1 atom stereocenters. The number of nitrogens with zero attached hydrogens (tertiary/aromatic N) is 4. The molecule has 3 heterocycles. The standard InChI is InChI=1S/C23H23BrN4S/c1-26-16-22(13-17-3-7-21(8-4-17)28-11-2-10-25-28)29-23(26)27-12-9-18-5-6-20(24)14-19(18)15-27/h2-8,10-11,14,16,23H,9,12-13,15H2,1H3. The van der Waals surface area contributed by atoms with E-state index in [9.17, 15) is 0 Å². The normalized spacial score (nSPS) is 19.3. The van der Waals surface area contributed by atoms with Crippen molar-refractivity contribution in [3.05, 3.63) is 93.2 Å². The summed E-state index contributed by atoms with van der Waals surface area (Å²) >= 11 is 5.60. The summed E-state index contributed by atoms with van der Waals surface area (Å²) in [5, 5.41) is 4.30. The van der Waals surface area contributed by atoms with Crippen LogP contribution in [-0.2, 0) is 19.4 Å². The van der Waals surface area contributed by atoms with Gasteiger partial charge >= 0.3 is 0 Å². The Kier molecular flexibility index (Phi) is 5.24. The lowest BCUT2D eigenvalue weighted by Gasteiger charge is -2.36. The minimum atomic E-state index is 0.375. The molecule has 2 aromatic carbocycles. The van der Waals surface area contributed by atoms with Crippen LogP contribution in [0.2, 0.25) is 0 Å². The van der Waals surface area contributed by atoms with Crippen molar-refractivity contribution < 1.29 is 0 Å². The zero-order chi connectivity index (χ0) is 19.8. The second-order valence-corrected chi connectivity index (χ2v) is 9.73. The largest absolute Gasteiger partial charge is 0.355 e. The summed E-state index contributed by atoms with van der Waals surface area (Å²) in [4.78, 5) is 6.37. The van der Waals surface area contributed by atoms with Gasteiger partial charge in [0.05, 0.1) is 5.69 Å². The third-order valence-corrected chi connectivity index (χ3v) is 7.45. The van der Waals surface area contributed by atoms with Crippen LogP contribution < -0.4 is 0 Å². The summed E-state index contributed by atoms with van der Waals surface area (Å²) in [6.45, 7) is 2.12. The number of hydrogen-bond donors (Lipinski definition) is 0. The van der Waals surface area contributed by atoms with Crippen molar-refractivity contribution in [1.82, 2.24) is 19.6 Å².